The molecule has 2 N–H and O–H groups in total. The lowest BCUT2D eigenvalue weighted by Crippen LogP contribution is -2.22. The summed E-state index contributed by atoms with van der Waals surface area (Å²) in [7, 11) is 0. The monoisotopic (exact) mass is 225 g/mol. The zero-order valence-corrected chi connectivity index (χ0v) is 8.57. The van der Waals surface area contributed by atoms with Gasteiger partial charge in [-0.05, 0) is 18.6 Å². The van der Waals surface area contributed by atoms with Crippen LogP contribution in [0.5, 0.6) is 5.75 Å². The number of carbonyl (C=O) groups is 1. The maximum absolute atomic E-state index is 12.9. The Kier molecular flexibility index (Phi) is 3.05. The van der Waals surface area contributed by atoms with Gasteiger partial charge in [0.25, 0.3) is 0 Å². The summed E-state index contributed by atoms with van der Waals surface area (Å²) in [6, 6.07) is 3.42. The third-order valence-corrected chi connectivity index (χ3v) is 2.52. The summed E-state index contributed by atoms with van der Waals surface area (Å²) in [6.07, 6.45) is 0.655. The van der Waals surface area contributed by atoms with Crippen LogP contribution in [-0.4, -0.2) is 24.2 Å². The van der Waals surface area contributed by atoms with Gasteiger partial charge in [0.05, 0.1) is 18.2 Å². The Morgan fingerprint density at radius 2 is 2.38 bits per heavy atom. The van der Waals surface area contributed by atoms with Crippen molar-refractivity contribution in [2.45, 2.75) is 6.42 Å². The molecule has 1 fully saturated rings. The van der Waals surface area contributed by atoms with Crippen LogP contribution in [0.1, 0.15) is 6.42 Å². The topological polar surface area (TPSA) is 58.6 Å². The molecule has 1 aromatic carbocycles. The zero-order valence-electron chi connectivity index (χ0n) is 8.57. The standard InChI is InChI=1S/C11H12FNO3/c12-8-1-2-10(14)9(5-8)13-11(15)7-3-4-16-6-7/h1-2,5,7,14H,3-4,6H2,(H,13,15)/t7-/m0/s1. The number of phenolic OH excluding ortho intramolecular Hbond substituents is 1. The van der Waals surface area contributed by atoms with Crippen LogP contribution < -0.4 is 5.32 Å². The maximum atomic E-state index is 12.9. The molecular formula is C11H12FNO3. The molecule has 1 saturated heterocycles. The largest absolute Gasteiger partial charge is 0.506 e. The Bertz CT molecular complexity index is 402. The SMILES string of the molecule is O=C(Nc1cc(F)ccc1O)[C@H]1CCOC1. The molecule has 16 heavy (non-hydrogen) atoms. The number of amides is 1. The number of nitrogens with one attached hydrogen (secondary N) is 1. The van der Waals surface area contributed by atoms with Crippen molar-refractivity contribution in [1.29, 1.82) is 0 Å². The number of phenols is 1. The van der Waals surface area contributed by atoms with E-state index in [-0.39, 0.29) is 23.3 Å². The number of anilines is 1. The molecular weight excluding hydrogens is 213 g/mol. The van der Waals surface area contributed by atoms with Crippen LogP contribution >= 0.6 is 0 Å². The molecule has 0 unspecified atom stereocenters. The first-order chi connectivity index (χ1) is 7.66. The number of halogens is 1. The molecule has 2 rings (SSSR count). The van der Waals surface area contributed by atoms with Gasteiger partial charge in [-0.15, -0.1) is 0 Å². The summed E-state index contributed by atoms with van der Waals surface area (Å²) in [5, 5.41) is 11.9. The molecule has 0 aliphatic carbocycles. The summed E-state index contributed by atoms with van der Waals surface area (Å²) < 4.78 is 18.0. The Labute approximate surface area is 92.0 Å². The third-order valence-electron chi connectivity index (χ3n) is 2.52. The quantitative estimate of drug-likeness (QED) is 0.750. The molecule has 0 saturated carbocycles. The molecule has 1 aromatic rings. The van der Waals surface area contributed by atoms with Gasteiger partial charge in [-0.3, -0.25) is 4.79 Å². The van der Waals surface area contributed by atoms with Crippen molar-refractivity contribution in [3.05, 3.63) is 24.0 Å². The summed E-state index contributed by atoms with van der Waals surface area (Å²) in [5.74, 6) is -1.12. The highest BCUT2D eigenvalue weighted by Gasteiger charge is 2.24. The molecule has 1 aliphatic heterocycles. The molecule has 1 aliphatic rings. The van der Waals surface area contributed by atoms with E-state index in [1.54, 1.807) is 0 Å². The van der Waals surface area contributed by atoms with Gasteiger partial charge in [-0.25, -0.2) is 4.39 Å². The zero-order chi connectivity index (χ0) is 11.5. The minimum Gasteiger partial charge on any atom is -0.506 e. The van der Waals surface area contributed by atoms with E-state index in [1.165, 1.54) is 6.07 Å². The highest BCUT2D eigenvalue weighted by Crippen LogP contribution is 2.25. The van der Waals surface area contributed by atoms with Crippen LogP contribution in [0, 0.1) is 11.7 Å². The lowest BCUT2D eigenvalue weighted by atomic mass is 10.1. The number of hydrogen-bond acceptors (Lipinski definition) is 3. The predicted octanol–water partition coefficient (Wildman–Crippen LogP) is 1.51. The smallest absolute Gasteiger partial charge is 0.230 e. The molecule has 0 radical (unpaired) electrons. The highest BCUT2D eigenvalue weighted by atomic mass is 19.1. The summed E-state index contributed by atoms with van der Waals surface area (Å²) >= 11 is 0. The Morgan fingerprint density at radius 1 is 1.56 bits per heavy atom. The fourth-order valence-electron chi connectivity index (χ4n) is 1.58. The number of rotatable bonds is 2. The highest BCUT2D eigenvalue weighted by molar-refractivity contribution is 5.94. The average molecular weight is 225 g/mol. The molecule has 5 heteroatoms. The molecule has 0 bridgehead atoms. The molecule has 1 amide bonds. The van der Waals surface area contributed by atoms with Gasteiger partial charge in [0.15, 0.2) is 0 Å². The van der Waals surface area contributed by atoms with Gasteiger partial charge in [0.2, 0.25) is 5.91 Å². The number of carbonyl (C=O) groups excluding carboxylic acids is 1. The van der Waals surface area contributed by atoms with E-state index in [1.807, 2.05) is 0 Å². The van der Waals surface area contributed by atoms with Crippen LogP contribution in [0.15, 0.2) is 18.2 Å². The van der Waals surface area contributed by atoms with E-state index in [0.29, 0.717) is 19.6 Å². The summed E-state index contributed by atoms with van der Waals surface area (Å²) in [6.45, 7) is 0.940. The van der Waals surface area contributed by atoms with Crippen molar-refractivity contribution < 1.29 is 19.0 Å². The maximum Gasteiger partial charge on any atom is 0.230 e. The van der Waals surface area contributed by atoms with E-state index >= 15 is 0 Å². The minimum absolute atomic E-state index is 0.0944. The van der Waals surface area contributed by atoms with Crippen molar-refractivity contribution in [2.24, 2.45) is 5.92 Å². The van der Waals surface area contributed by atoms with Crippen molar-refractivity contribution in [2.75, 3.05) is 18.5 Å². The second-order valence-electron chi connectivity index (χ2n) is 3.71. The van der Waals surface area contributed by atoms with Crippen LogP contribution in [0.4, 0.5) is 10.1 Å². The van der Waals surface area contributed by atoms with Crippen LogP contribution in [-0.2, 0) is 9.53 Å². The van der Waals surface area contributed by atoms with Gasteiger partial charge < -0.3 is 15.2 Å². The fraction of sp³-hybridized carbons (Fsp3) is 0.364. The van der Waals surface area contributed by atoms with Gasteiger partial charge >= 0.3 is 0 Å². The van der Waals surface area contributed by atoms with E-state index in [0.717, 1.165) is 12.1 Å². The number of aromatic hydroxyl groups is 1. The van der Waals surface area contributed by atoms with E-state index < -0.39 is 5.82 Å². The van der Waals surface area contributed by atoms with Gasteiger partial charge in [0, 0.05) is 12.7 Å². The van der Waals surface area contributed by atoms with E-state index in [9.17, 15) is 14.3 Å². The first-order valence-electron chi connectivity index (χ1n) is 5.04. The van der Waals surface area contributed by atoms with Gasteiger partial charge in [-0.1, -0.05) is 0 Å². The first kappa shape index (κ1) is 10.9. The molecule has 1 atom stereocenters. The van der Waals surface area contributed by atoms with Crippen LogP contribution in [0.25, 0.3) is 0 Å². The lowest BCUT2D eigenvalue weighted by molar-refractivity contribution is -0.119. The van der Waals surface area contributed by atoms with Gasteiger partial charge in [0.1, 0.15) is 11.6 Å². The number of ether oxygens (including phenoxy) is 1. The normalized spacial score (nSPS) is 19.7. The average Bonchev–Trinajstić information content (AvgIpc) is 2.76. The second kappa shape index (κ2) is 4.49. The first-order valence-corrected chi connectivity index (χ1v) is 5.04. The Morgan fingerprint density at radius 3 is 3.06 bits per heavy atom. The van der Waals surface area contributed by atoms with Crippen LogP contribution in [0.2, 0.25) is 0 Å². The van der Waals surface area contributed by atoms with Gasteiger partial charge in [-0.2, -0.15) is 0 Å². The number of benzene rings is 1. The summed E-state index contributed by atoms with van der Waals surface area (Å²) in [5.41, 5.74) is 0.0944. The Hall–Kier alpha value is -1.62. The third kappa shape index (κ3) is 2.30. The molecule has 0 aromatic heterocycles. The van der Waals surface area contributed by atoms with Crippen LogP contribution in [0.3, 0.4) is 0 Å². The predicted molar refractivity (Wildman–Crippen MR) is 55.6 cm³/mol. The fourth-order valence-corrected chi connectivity index (χ4v) is 1.58. The van der Waals surface area contributed by atoms with Crippen molar-refractivity contribution in [3.63, 3.8) is 0 Å². The van der Waals surface area contributed by atoms with Crippen molar-refractivity contribution >= 4 is 11.6 Å². The molecule has 86 valence electrons. The second-order valence-corrected chi connectivity index (χ2v) is 3.71. The van der Waals surface area contributed by atoms with Crippen molar-refractivity contribution in [1.82, 2.24) is 0 Å². The molecule has 4 nitrogen and oxygen atoms in total. The molecule has 1 heterocycles. The minimum atomic E-state index is -0.504. The Balaban J connectivity index is 2.07. The van der Waals surface area contributed by atoms with E-state index in [2.05, 4.69) is 5.32 Å². The summed E-state index contributed by atoms with van der Waals surface area (Å²) in [4.78, 5) is 11.7. The number of hydrogen-bond donors (Lipinski definition) is 2. The van der Waals surface area contributed by atoms with Crippen molar-refractivity contribution in [3.8, 4) is 5.75 Å². The molecule has 0 spiro atoms. The lowest BCUT2D eigenvalue weighted by Gasteiger charge is -2.10. The van der Waals surface area contributed by atoms with E-state index in [4.69, 9.17) is 4.74 Å².